The molecule has 122 valence electrons. The van der Waals surface area contributed by atoms with Crippen LogP contribution in [-0.2, 0) is 0 Å². The lowest BCUT2D eigenvalue weighted by molar-refractivity contribution is 0.460. The second kappa shape index (κ2) is 6.94. The van der Waals surface area contributed by atoms with Crippen LogP contribution in [-0.4, -0.2) is 23.5 Å². The van der Waals surface area contributed by atoms with Crippen LogP contribution in [0.4, 0.5) is 0 Å². The molecule has 1 N–H and O–H groups in total. The molecular weight excluding hydrogens is 347 g/mol. The van der Waals surface area contributed by atoms with Crippen molar-refractivity contribution in [3.05, 3.63) is 50.8 Å². The number of allylic oxidation sites excluding steroid dienone is 1. The van der Waals surface area contributed by atoms with E-state index in [-0.39, 0.29) is 0 Å². The molecule has 0 saturated carbocycles. The first kappa shape index (κ1) is 17.0. The van der Waals surface area contributed by atoms with Gasteiger partial charge in [0.05, 0.1) is 5.70 Å². The third kappa shape index (κ3) is 2.85. The van der Waals surface area contributed by atoms with E-state index in [4.69, 9.17) is 23.2 Å². The molecule has 2 aromatic carbocycles. The maximum atomic E-state index is 6.36. The highest BCUT2D eigenvalue weighted by atomic mass is 35.5. The zero-order chi connectivity index (χ0) is 16.6. The van der Waals surface area contributed by atoms with Crippen LogP contribution in [0.1, 0.15) is 26.3 Å². The Bertz CT molecular complexity index is 765. The summed E-state index contributed by atoms with van der Waals surface area (Å²) in [6.45, 7) is 8.25. The van der Waals surface area contributed by atoms with E-state index in [1.807, 2.05) is 43.8 Å². The molecule has 5 heteroatoms. The Morgan fingerprint density at radius 2 is 1.87 bits per heavy atom. The lowest BCUT2D eigenvalue weighted by Crippen LogP contribution is -2.27. The zero-order valence-electron chi connectivity index (χ0n) is 13.5. The second-order valence-electron chi connectivity index (χ2n) is 5.28. The van der Waals surface area contributed by atoms with Crippen molar-refractivity contribution in [3.8, 4) is 0 Å². The molecule has 0 aromatic heterocycles. The van der Waals surface area contributed by atoms with E-state index >= 15 is 0 Å². The van der Waals surface area contributed by atoms with Crippen molar-refractivity contribution in [3.63, 3.8) is 0 Å². The SMILES string of the molecule is CC.CC1=C(c2ccc(Cl)c3c(Cl)cccc23)N2CCNC2S1. The van der Waals surface area contributed by atoms with Gasteiger partial charge in [-0.25, -0.2) is 0 Å². The van der Waals surface area contributed by atoms with Crippen molar-refractivity contribution in [2.45, 2.75) is 26.3 Å². The Hall–Kier alpha value is -0.870. The Morgan fingerprint density at radius 3 is 2.65 bits per heavy atom. The molecular formula is C18H20Cl2N2S. The molecule has 0 radical (unpaired) electrons. The second-order valence-corrected chi connectivity index (χ2v) is 7.39. The predicted molar refractivity (Wildman–Crippen MR) is 104 cm³/mol. The maximum absolute atomic E-state index is 6.36. The zero-order valence-corrected chi connectivity index (χ0v) is 15.8. The largest absolute Gasteiger partial charge is 0.345 e. The number of nitrogens with zero attached hydrogens (tertiary/aromatic N) is 1. The number of hydrogen-bond donors (Lipinski definition) is 1. The van der Waals surface area contributed by atoms with Crippen molar-refractivity contribution in [1.29, 1.82) is 0 Å². The molecule has 0 spiro atoms. The first-order chi connectivity index (χ1) is 11.2. The molecule has 2 aliphatic rings. The summed E-state index contributed by atoms with van der Waals surface area (Å²) in [6.07, 6.45) is 0. The van der Waals surface area contributed by atoms with Gasteiger partial charge in [-0.05, 0) is 24.4 Å². The summed E-state index contributed by atoms with van der Waals surface area (Å²) in [5.74, 6) is 0. The third-order valence-corrected chi connectivity index (χ3v) is 5.88. The van der Waals surface area contributed by atoms with Crippen LogP contribution < -0.4 is 5.32 Å². The topological polar surface area (TPSA) is 15.3 Å². The molecule has 0 bridgehead atoms. The van der Waals surface area contributed by atoms with Crippen molar-refractivity contribution in [2.24, 2.45) is 0 Å². The number of nitrogens with one attached hydrogen (secondary N) is 1. The molecule has 23 heavy (non-hydrogen) atoms. The molecule has 2 nitrogen and oxygen atoms in total. The lowest BCUT2D eigenvalue weighted by atomic mass is 10.0. The number of rotatable bonds is 1. The van der Waals surface area contributed by atoms with Crippen LogP contribution in [0.5, 0.6) is 0 Å². The highest BCUT2D eigenvalue weighted by molar-refractivity contribution is 8.04. The molecule has 4 rings (SSSR count). The minimum Gasteiger partial charge on any atom is -0.345 e. The van der Waals surface area contributed by atoms with Gasteiger partial charge in [-0.15, -0.1) is 0 Å². The number of thioether (sulfide) groups is 1. The van der Waals surface area contributed by atoms with Gasteiger partial charge >= 0.3 is 0 Å². The van der Waals surface area contributed by atoms with E-state index in [2.05, 4.69) is 29.3 Å². The van der Waals surface area contributed by atoms with E-state index in [1.54, 1.807) is 0 Å². The Labute approximate surface area is 151 Å². The Morgan fingerprint density at radius 1 is 1.13 bits per heavy atom. The Kier molecular flexibility index (Phi) is 5.12. The van der Waals surface area contributed by atoms with Crippen LogP contribution in [0, 0.1) is 0 Å². The van der Waals surface area contributed by atoms with Crippen molar-refractivity contribution >= 4 is 51.4 Å². The Balaban J connectivity index is 0.000000753. The quantitative estimate of drug-likeness (QED) is 0.686. The van der Waals surface area contributed by atoms with Gasteiger partial charge in [-0.3, -0.25) is 5.32 Å². The molecule has 1 unspecified atom stereocenters. The average Bonchev–Trinajstić information content (AvgIpc) is 3.11. The van der Waals surface area contributed by atoms with E-state index in [1.165, 1.54) is 16.2 Å². The van der Waals surface area contributed by atoms with E-state index in [0.29, 0.717) is 15.5 Å². The van der Waals surface area contributed by atoms with E-state index in [9.17, 15) is 0 Å². The molecule has 2 aromatic rings. The lowest BCUT2D eigenvalue weighted by Gasteiger charge is -2.22. The van der Waals surface area contributed by atoms with Gasteiger partial charge in [-0.1, -0.05) is 67.0 Å². The summed E-state index contributed by atoms with van der Waals surface area (Å²) in [6, 6.07) is 10.0. The molecule has 2 aliphatic heterocycles. The summed E-state index contributed by atoms with van der Waals surface area (Å²) in [5, 5.41) is 7.00. The highest BCUT2D eigenvalue weighted by Gasteiger charge is 2.35. The van der Waals surface area contributed by atoms with Crippen LogP contribution in [0.2, 0.25) is 10.0 Å². The van der Waals surface area contributed by atoms with Gasteiger partial charge in [0.2, 0.25) is 0 Å². The normalized spacial score (nSPS) is 19.9. The fraction of sp³-hybridized carbons (Fsp3) is 0.333. The smallest absolute Gasteiger partial charge is 0.132 e. The minimum absolute atomic E-state index is 0.366. The fourth-order valence-corrected chi connectivity index (χ4v) is 4.97. The average molecular weight is 367 g/mol. The van der Waals surface area contributed by atoms with Crippen LogP contribution in [0.25, 0.3) is 16.5 Å². The number of hydrogen-bond acceptors (Lipinski definition) is 3. The van der Waals surface area contributed by atoms with Gasteiger partial charge in [0.15, 0.2) is 0 Å². The molecule has 1 saturated heterocycles. The first-order valence-corrected chi connectivity index (χ1v) is 9.55. The van der Waals surface area contributed by atoms with Gasteiger partial charge in [0.1, 0.15) is 5.50 Å². The maximum Gasteiger partial charge on any atom is 0.132 e. The van der Waals surface area contributed by atoms with E-state index < -0.39 is 0 Å². The highest BCUT2D eigenvalue weighted by Crippen LogP contribution is 2.46. The summed E-state index contributed by atoms with van der Waals surface area (Å²) >= 11 is 14.6. The first-order valence-electron chi connectivity index (χ1n) is 7.91. The van der Waals surface area contributed by atoms with Crippen LogP contribution in [0.3, 0.4) is 0 Å². The standard InChI is InChI=1S/C16H14Cl2N2S.C2H6/c1-9-15(20-8-7-19-16(20)21-9)11-5-6-13(18)14-10(11)3-2-4-12(14)17;1-2/h2-6,16,19H,7-8H2,1H3;1-2H3. The monoisotopic (exact) mass is 366 g/mol. The molecule has 0 aliphatic carbocycles. The summed E-state index contributed by atoms with van der Waals surface area (Å²) in [5.41, 5.74) is 2.89. The molecule has 1 atom stereocenters. The summed E-state index contributed by atoms with van der Waals surface area (Å²) in [7, 11) is 0. The minimum atomic E-state index is 0.366. The predicted octanol–water partition coefficient (Wildman–Crippen LogP) is 5.80. The number of benzene rings is 2. The van der Waals surface area contributed by atoms with Crippen LogP contribution in [0.15, 0.2) is 35.2 Å². The van der Waals surface area contributed by atoms with Gasteiger partial charge in [0, 0.05) is 39.0 Å². The molecule has 2 heterocycles. The van der Waals surface area contributed by atoms with Gasteiger partial charge in [-0.2, -0.15) is 0 Å². The summed E-state index contributed by atoms with van der Waals surface area (Å²) in [4.78, 5) is 3.78. The molecule has 0 amide bonds. The van der Waals surface area contributed by atoms with Gasteiger partial charge < -0.3 is 4.90 Å². The number of halogens is 2. The van der Waals surface area contributed by atoms with Gasteiger partial charge in [0.25, 0.3) is 0 Å². The van der Waals surface area contributed by atoms with E-state index in [0.717, 1.165) is 23.9 Å². The van der Waals surface area contributed by atoms with Crippen molar-refractivity contribution < 1.29 is 0 Å². The van der Waals surface area contributed by atoms with Crippen LogP contribution >= 0.6 is 35.0 Å². The molecule has 1 fully saturated rings. The fourth-order valence-electron chi connectivity index (χ4n) is 3.17. The van der Waals surface area contributed by atoms with Crippen molar-refractivity contribution in [1.82, 2.24) is 10.2 Å². The third-order valence-electron chi connectivity index (χ3n) is 4.06. The van der Waals surface area contributed by atoms with Crippen molar-refractivity contribution in [2.75, 3.05) is 13.1 Å². The summed E-state index contributed by atoms with van der Waals surface area (Å²) < 4.78 is 0. The number of fused-ring (bicyclic) bond motifs is 2.